The number of hydrogen-bond acceptors (Lipinski definition) is 6. The molecule has 0 aromatic heterocycles. The molecule has 1 aliphatic carbocycles. The molecule has 0 radical (unpaired) electrons. The summed E-state index contributed by atoms with van der Waals surface area (Å²) in [5.41, 5.74) is -3.06. The van der Waals surface area contributed by atoms with E-state index in [1.807, 2.05) is 0 Å². The molecule has 1 rings (SSSR count). The Morgan fingerprint density at radius 3 is 2.05 bits per heavy atom. The maximum absolute atomic E-state index is 12.0. The summed E-state index contributed by atoms with van der Waals surface area (Å²) in [7, 11) is 2.26. The van der Waals surface area contributed by atoms with Gasteiger partial charge < -0.3 is 9.47 Å². The first-order valence-corrected chi connectivity index (χ1v) is 5.69. The summed E-state index contributed by atoms with van der Waals surface area (Å²) in [6.45, 7) is 6.47. The lowest BCUT2D eigenvalue weighted by Gasteiger charge is -2.29. The summed E-state index contributed by atoms with van der Waals surface area (Å²) in [6.07, 6.45) is -0.148. The molecule has 0 aliphatic heterocycles. The number of esters is 2. The number of carbonyl (C=O) groups excluding carboxylic acids is 2. The van der Waals surface area contributed by atoms with Crippen LogP contribution in [0.5, 0.6) is 0 Å². The maximum Gasteiger partial charge on any atom is 0.324 e. The van der Waals surface area contributed by atoms with Crippen LogP contribution >= 0.6 is 0 Å². The Kier molecular flexibility index (Phi) is 3.70. The molecule has 0 aromatic rings. The second-order valence-electron chi connectivity index (χ2n) is 4.86. The molecule has 0 spiro atoms. The zero-order chi connectivity index (χ0) is 15.0. The van der Waals surface area contributed by atoms with Gasteiger partial charge in [0.2, 0.25) is 5.54 Å². The molecule has 0 bridgehead atoms. The fourth-order valence-electron chi connectivity index (χ4n) is 2.69. The largest absolute Gasteiger partial charge is 0.468 e. The van der Waals surface area contributed by atoms with Crippen molar-refractivity contribution in [3.05, 3.63) is 22.3 Å². The van der Waals surface area contributed by atoms with Gasteiger partial charge in [0.1, 0.15) is 0 Å². The number of carbonyl (C=O) groups is 2. The van der Waals surface area contributed by atoms with Gasteiger partial charge in [-0.1, -0.05) is 13.5 Å². The Balaban J connectivity index is 3.46. The second-order valence-corrected chi connectivity index (χ2v) is 4.86. The van der Waals surface area contributed by atoms with E-state index in [9.17, 15) is 19.7 Å². The summed E-state index contributed by atoms with van der Waals surface area (Å²) in [5.74, 6) is -2.58. The lowest BCUT2D eigenvalue weighted by molar-refractivity contribution is -0.561. The van der Waals surface area contributed by atoms with Gasteiger partial charge in [0, 0.05) is 23.8 Å². The minimum Gasteiger partial charge on any atom is -0.468 e. The predicted molar refractivity (Wildman–Crippen MR) is 64.8 cm³/mol. The van der Waals surface area contributed by atoms with Crippen LogP contribution < -0.4 is 0 Å². The molecular weight excluding hydrogens is 254 g/mol. The van der Waals surface area contributed by atoms with E-state index in [-0.39, 0.29) is 12.0 Å². The molecule has 0 amide bonds. The van der Waals surface area contributed by atoms with Crippen LogP contribution in [0.4, 0.5) is 0 Å². The molecule has 0 aromatic carbocycles. The molecule has 7 heteroatoms. The standard InChI is InChI=1S/C12H17NO6/c1-7-6-12(9(14)18-4,10(15)19-5)8(2)11(7,3)13(16)17/h8H,1,6H2,2-5H3/t8-,11+/m1/s1. The first-order valence-electron chi connectivity index (χ1n) is 5.69. The summed E-state index contributed by atoms with van der Waals surface area (Å²) in [6, 6.07) is 0. The van der Waals surface area contributed by atoms with Gasteiger partial charge in [-0.25, -0.2) is 0 Å². The lowest BCUT2D eigenvalue weighted by atomic mass is 9.74. The van der Waals surface area contributed by atoms with E-state index < -0.39 is 33.7 Å². The van der Waals surface area contributed by atoms with Gasteiger partial charge in [-0.05, 0) is 0 Å². The molecule has 0 unspecified atom stereocenters. The Hall–Kier alpha value is -1.92. The lowest BCUT2D eigenvalue weighted by Crippen LogP contribution is -2.50. The molecule has 7 nitrogen and oxygen atoms in total. The number of nitro groups is 1. The first kappa shape index (κ1) is 15.1. The van der Waals surface area contributed by atoms with Crippen molar-refractivity contribution in [1.29, 1.82) is 0 Å². The summed E-state index contributed by atoms with van der Waals surface area (Å²) < 4.78 is 9.30. The molecule has 1 aliphatic rings. The highest BCUT2D eigenvalue weighted by molar-refractivity contribution is 6.01. The molecule has 0 N–H and O–H groups in total. The zero-order valence-corrected chi connectivity index (χ0v) is 11.4. The molecule has 2 atom stereocenters. The monoisotopic (exact) mass is 271 g/mol. The number of methoxy groups -OCH3 is 2. The van der Waals surface area contributed by atoms with Crippen LogP contribution in [-0.4, -0.2) is 36.6 Å². The van der Waals surface area contributed by atoms with E-state index in [4.69, 9.17) is 0 Å². The molecule has 0 saturated heterocycles. The van der Waals surface area contributed by atoms with Crippen LogP contribution in [0, 0.1) is 21.4 Å². The van der Waals surface area contributed by atoms with Gasteiger partial charge in [0.25, 0.3) is 0 Å². The smallest absolute Gasteiger partial charge is 0.324 e. The predicted octanol–water partition coefficient (Wildman–Crippen LogP) is 0.950. The van der Waals surface area contributed by atoms with E-state index in [1.165, 1.54) is 13.8 Å². The molecule has 106 valence electrons. The fourth-order valence-corrected chi connectivity index (χ4v) is 2.69. The molecule has 19 heavy (non-hydrogen) atoms. The van der Waals surface area contributed by atoms with Crippen LogP contribution in [0.3, 0.4) is 0 Å². The normalized spacial score (nSPS) is 28.8. The number of ether oxygens (including phenoxy) is 2. The van der Waals surface area contributed by atoms with Gasteiger partial charge in [-0.3, -0.25) is 19.7 Å². The van der Waals surface area contributed by atoms with Gasteiger partial charge >= 0.3 is 11.9 Å². The van der Waals surface area contributed by atoms with Crippen molar-refractivity contribution < 1.29 is 24.0 Å². The second kappa shape index (κ2) is 4.64. The highest BCUT2D eigenvalue weighted by Gasteiger charge is 2.70. The van der Waals surface area contributed by atoms with Crippen molar-refractivity contribution in [3.8, 4) is 0 Å². The average molecular weight is 271 g/mol. The van der Waals surface area contributed by atoms with E-state index in [0.717, 1.165) is 14.2 Å². The molecular formula is C12H17NO6. The molecule has 1 saturated carbocycles. The Morgan fingerprint density at radius 2 is 1.79 bits per heavy atom. The van der Waals surface area contributed by atoms with Crippen molar-refractivity contribution in [2.75, 3.05) is 14.2 Å². The van der Waals surface area contributed by atoms with Crippen molar-refractivity contribution in [2.24, 2.45) is 11.3 Å². The maximum atomic E-state index is 12.0. The Bertz CT molecular complexity index is 441. The minimum atomic E-state index is -1.71. The van der Waals surface area contributed by atoms with Crippen LogP contribution in [0.15, 0.2) is 12.2 Å². The van der Waals surface area contributed by atoms with Crippen LogP contribution in [-0.2, 0) is 19.1 Å². The van der Waals surface area contributed by atoms with E-state index >= 15 is 0 Å². The summed E-state index contributed by atoms with van der Waals surface area (Å²) in [4.78, 5) is 34.8. The number of nitrogens with zero attached hydrogens (tertiary/aromatic N) is 1. The third-order valence-electron chi connectivity index (χ3n) is 4.27. The molecule has 1 fully saturated rings. The topological polar surface area (TPSA) is 95.7 Å². The van der Waals surface area contributed by atoms with Crippen molar-refractivity contribution in [1.82, 2.24) is 0 Å². The van der Waals surface area contributed by atoms with Crippen LogP contribution in [0.2, 0.25) is 0 Å². The van der Waals surface area contributed by atoms with Gasteiger partial charge in [-0.2, -0.15) is 0 Å². The van der Waals surface area contributed by atoms with Crippen molar-refractivity contribution >= 4 is 11.9 Å². The fraction of sp³-hybridized carbons (Fsp3) is 0.667. The average Bonchev–Trinajstić information content (AvgIpc) is 2.60. The zero-order valence-electron chi connectivity index (χ0n) is 11.4. The quantitative estimate of drug-likeness (QED) is 0.249. The van der Waals surface area contributed by atoms with Gasteiger partial charge in [-0.15, -0.1) is 0 Å². The Labute approximate surface area is 110 Å². The van der Waals surface area contributed by atoms with E-state index in [2.05, 4.69) is 16.1 Å². The van der Waals surface area contributed by atoms with E-state index in [1.54, 1.807) is 0 Å². The highest BCUT2D eigenvalue weighted by atomic mass is 16.6. The minimum absolute atomic E-state index is 0.148. The number of hydrogen-bond donors (Lipinski definition) is 0. The SMILES string of the molecule is C=C1CC(C(=O)OC)(C(=O)OC)[C@H](C)[C@@]1(C)[N+](=O)[O-]. The van der Waals surface area contributed by atoms with Crippen molar-refractivity contribution in [2.45, 2.75) is 25.8 Å². The third kappa shape index (κ3) is 1.72. The Morgan fingerprint density at radius 1 is 1.37 bits per heavy atom. The van der Waals surface area contributed by atoms with Crippen LogP contribution in [0.1, 0.15) is 20.3 Å². The summed E-state index contributed by atoms with van der Waals surface area (Å²) >= 11 is 0. The van der Waals surface area contributed by atoms with Gasteiger partial charge in [0.05, 0.1) is 20.1 Å². The highest BCUT2D eigenvalue weighted by Crippen LogP contribution is 2.54. The van der Waals surface area contributed by atoms with Crippen LogP contribution in [0.25, 0.3) is 0 Å². The third-order valence-corrected chi connectivity index (χ3v) is 4.27. The first-order chi connectivity index (χ1) is 8.69. The van der Waals surface area contributed by atoms with Crippen molar-refractivity contribution in [3.63, 3.8) is 0 Å². The molecule has 0 heterocycles. The van der Waals surface area contributed by atoms with E-state index in [0.29, 0.717) is 0 Å². The van der Waals surface area contributed by atoms with Gasteiger partial charge in [0.15, 0.2) is 5.41 Å². The number of rotatable bonds is 3. The summed E-state index contributed by atoms with van der Waals surface area (Å²) in [5, 5.41) is 11.3.